The number of rotatable bonds is 5. The smallest absolute Gasteiger partial charge is 0.228 e. The van der Waals surface area contributed by atoms with Gasteiger partial charge >= 0.3 is 0 Å². The van der Waals surface area contributed by atoms with Crippen molar-refractivity contribution in [2.45, 2.75) is 39.0 Å². The number of anilines is 1. The van der Waals surface area contributed by atoms with Gasteiger partial charge in [0.25, 0.3) is 0 Å². The number of amides is 2. The predicted octanol–water partition coefficient (Wildman–Crippen LogP) is 4.06. The molecule has 0 radical (unpaired) electrons. The number of piperidine rings is 1. The first-order chi connectivity index (χ1) is 16.9. The van der Waals surface area contributed by atoms with Crippen LogP contribution in [-0.2, 0) is 9.59 Å². The number of fused-ring (bicyclic) bond motifs is 1. The first-order valence-corrected chi connectivity index (χ1v) is 12.5. The molecule has 2 aromatic carbocycles. The summed E-state index contributed by atoms with van der Waals surface area (Å²) in [7, 11) is 0. The van der Waals surface area contributed by atoms with Gasteiger partial charge in [-0.25, -0.2) is 0 Å². The summed E-state index contributed by atoms with van der Waals surface area (Å²) in [5.74, 6) is 1.29. The van der Waals surface area contributed by atoms with E-state index in [0.29, 0.717) is 68.7 Å². The van der Waals surface area contributed by atoms with Crippen LogP contribution in [0.25, 0.3) is 0 Å². The Balaban J connectivity index is 1.18. The highest BCUT2D eigenvalue weighted by molar-refractivity contribution is 6.01. The van der Waals surface area contributed by atoms with Crippen molar-refractivity contribution in [1.82, 2.24) is 4.90 Å². The van der Waals surface area contributed by atoms with E-state index in [1.54, 1.807) is 23.1 Å². The van der Waals surface area contributed by atoms with E-state index in [1.807, 2.05) is 23.1 Å². The van der Waals surface area contributed by atoms with Gasteiger partial charge in [0.2, 0.25) is 11.8 Å². The average Bonchev–Trinajstić information content (AvgIpc) is 3.29. The third-order valence-electron chi connectivity index (χ3n) is 7.33. The number of hydrogen-bond donors (Lipinski definition) is 0. The summed E-state index contributed by atoms with van der Waals surface area (Å²) in [5, 5.41) is 0. The molecule has 0 bridgehead atoms. The van der Waals surface area contributed by atoms with Crippen molar-refractivity contribution in [1.29, 1.82) is 0 Å². The Labute approximate surface area is 206 Å². The molecule has 2 amide bonds. The molecule has 2 fully saturated rings. The predicted molar refractivity (Wildman–Crippen MR) is 132 cm³/mol. The van der Waals surface area contributed by atoms with Gasteiger partial charge in [-0.3, -0.25) is 14.4 Å². The number of carbonyl (C=O) groups excluding carboxylic acids is 3. The van der Waals surface area contributed by atoms with Crippen molar-refractivity contribution < 1.29 is 23.9 Å². The van der Waals surface area contributed by atoms with Gasteiger partial charge in [0, 0.05) is 43.2 Å². The fourth-order valence-electron chi connectivity index (χ4n) is 5.23. The minimum atomic E-state index is -0.338. The molecule has 2 aromatic rings. The van der Waals surface area contributed by atoms with Crippen molar-refractivity contribution in [2.24, 2.45) is 11.8 Å². The molecular weight excluding hydrogens is 444 g/mol. The van der Waals surface area contributed by atoms with E-state index in [0.717, 1.165) is 5.69 Å². The highest BCUT2D eigenvalue weighted by Gasteiger charge is 2.39. The number of hydrogen-bond acceptors (Lipinski definition) is 5. The summed E-state index contributed by atoms with van der Waals surface area (Å²) in [5.41, 5.74) is 2.66. The Kier molecular flexibility index (Phi) is 6.50. The summed E-state index contributed by atoms with van der Waals surface area (Å²) >= 11 is 0. The molecule has 0 aromatic heterocycles. The van der Waals surface area contributed by atoms with Crippen LogP contribution in [-0.4, -0.2) is 55.3 Å². The highest BCUT2D eigenvalue weighted by Crippen LogP contribution is 2.33. The van der Waals surface area contributed by atoms with Crippen molar-refractivity contribution in [3.63, 3.8) is 0 Å². The molecule has 0 aliphatic carbocycles. The first-order valence-electron chi connectivity index (χ1n) is 12.5. The maximum Gasteiger partial charge on any atom is 0.228 e. The molecule has 0 N–H and O–H groups in total. The minimum Gasteiger partial charge on any atom is -0.486 e. The van der Waals surface area contributed by atoms with E-state index in [4.69, 9.17) is 9.47 Å². The lowest BCUT2D eigenvalue weighted by Crippen LogP contribution is -2.43. The molecule has 1 unspecified atom stereocenters. The van der Waals surface area contributed by atoms with Gasteiger partial charge in [0.1, 0.15) is 13.2 Å². The van der Waals surface area contributed by atoms with Gasteiger partial charge < -0.3 is 19.3 Å². The summed E-state index contributed by atoms with van der Waals surface area (Å²) < 4.78 is 11.2. The van der Waals surface area contributed by atoms with Crippen LogP contribution in [0.4, 0.5) is 5.69 Å². The fraction of sp³-hybridized carbons (Fsp3) is 0.464. The van der Waals surface area contributed by atoms with Crippen molar-refractivity contribution >= 4 is 23.3 Å². The molecular formula is C28H32N2O5. The molecule has 35 heavy (non-hydrogen) atoms. The number of carbonyl (C=O) groups is 3. The quantitative estimate of drug-likeness (QED) is 0.609. The molecule has 7 heteroatoms. The van der Waals surface area contributed by atoms with Crippen LogP contribution in [0, 0.1) is 11.8 Å². The van der Waals surface area contributed by atoms with Gasteiger partial charge in [-0.1, -0.05) is 26.0 Å². The topological polar surface area (TPSA) is 76.2 Å². The molecule has 1 atom stereocenters. The third kappa shape index (κ3) is 4.77. The Morgan fingerprint density at radius 3 is 2.43 bits per heavy atom. The minimum absolute atomic E-state index is 0.00655. The zero-order chi connectivity index (χ0) is 24.5. The number of likely N-dealkylation sites (tertiary alicyclic amines) is 1. The van der Waals surface area contributed by atoms with Crippen LogP contribution in [0.2, 0.25) is 0 Å². The molecule has 5 rings (SSSR count). The molecule has 7 nitrogen and oxygen atoms in total. The van der Waals surface area contributed by atoms with Crippen LogP contribution < -0.4 is 14.4 Å². The molecule has 3 aliphatic rings. The molecule has 3 heterocycles. The SMILES string of the molecule is CC(C)c1cccc(N2CC(C(=O)N3CCC(C(=O)c4ccc5c(c4)OCCO5)CC3)CC2=O)c1. The van der Waals surface area contributed by atoms with Crippen LogP contribution in [0.5, 0.6) is 11.5 Å². The standard InChI is InChI=1S/C28H32N2O5/c1-18(2)20-4-3-5-23(14-20)30-17-22(16-26(30)31)28(33)29-10-8-19(9-11-29)27(32)21-6-7-24-25(15-21)35-13-12-34-24/h3-7,14-15,18-19,22H,8-13,16-17H2,1-2H3. The maximum absolute atomic E-state index is 13.2. The average molecular weight is 477 g/mol. The largest absolute Gasteiger partial charge is 0.486 e. The Hall–Kier alpha value is -3.35. The lowest BCUT2D eigenvalue weighted by Gasteiger charge is -2.33. The number of ether oxygens (including phenoxy) is 2. The van der Waals surface area contributed by atoms with E-state index in [1.165, 1.54) is 5.56 Å². The summed E-state index contributed by atoms with van der Waals surface area (Å²) in [6.07, 6.45) is 1.49. The van der Waals surface area contributed by atoms with Gasteiger partial charge in [0.05, 0.1) is 5.92 Å². The van der Waals surface area contributed by atoms with Gasteiger partial charge in [-0.15, -0.1) is 0 Å². The fourth-order valence-corrected chi connectivity index (χ4v) is 5.23. The Bertz CT molecular complexity index is 1140. The van der Waals surface area contributed by atoms with Gasteiger partial charge in [-0.05, 0) is 54.7 Å². The second kappa shape index (κ2) is 9.72. The maximum atomic E-state index is 13.2. The van der Waals surface area contributed by atoms with E-state index in [2.05, 4.69) is 19.9 Å². The molecule has 2 saturated heterocycles. The first kappa shape index (κ1) is 23.4. The van der Waals surface area contributed by atoms with Crippen LogP contribution >= 0.6 is 0 Å². The molecule has 0 spiro atoms. The highest BCUT2D eigenvalue weighted by atomic mass is 16.6. The van der Waals surface area contributed by atoms with E-state index in [9.17, 15) is 14.4 Å². The van der Waals surface area contributed by atoms with Crippen molar-refractivity contribution in [3.05, 3.63) is 53.6 Å². The van der Waals surface area contributed by atoms with Gasteiger partial charge in [0.15, 0.2) is 17.3 Å². The Morgan fingerprint density at radius 1 is 0.943 bits per heavy atom. The van der Waals surface area contributed by atoms with Crippen molar-refractivity contribution in [2.75, 3.05) is 37.7 Å². The number of ketones is 1. The zero-order valence-electron chi connectivity index (χ0n) is 20.4. The van der Waals surface area contributed by atoms with Crippen LogP contribution in [0.15, 0.2) is 42.5 Å². The second-order valence-corrected chi connectivity index (χ2v) is 9.98. The van der Waals surface area contributed by atoms with E-state index in [-0.39, 0.29) is 35.9 Å². The third-order valence-corrected chi connectivity index (χ3v) is 7.33. The van der Waals surface area contributed by atoms with Gasteiger partial charge in [-0.2, -0.15) is 0 Å². The normalized spacial score (nSPS) is 20.4. The van der Waals surface area contributed by atoms with Crippen LogP contribution in [0.3, 0.4) is 0 Å². The van der Waals surface area contributed by atoms with E-state index >= 15 is 0 Å². The molecule has 0 saturated carbocycles. The number of nitrogens with zero attached hydrogens (tertiary/aromatic N) is 2. The second-order valence-electron chi connectivity index (χ2n) is 9.98. The summed E-state index contributed by atoms with van der Waals surface area (Å²) in [6, 6.07) is 13.4. The molecule has 3 aliphatic heterocycles. The number of benzene rings is 2. The monoisotopic (exact) mass is 476 g/mol. The van der Waals surface area contributed by atoms with Crippen molar-refractivity contribution in [3.8, 4) is 11.5 Å². The number of Topliss-reactive ketones (excluding diaryl/α,β-unsaturated/α-hetero) is 1. The molecule has 184 valence electrons. The van der Waals surface area contributed by atoms with Crippen LogP contribution in [0.1, 0.15) is 54.9 Å². The summed E-state index contributed by atoms with van der Waals surface area (Å²) in [6.45, 7) is 6.73. The lowest BCUT2D eigenvalue weighted by atomic mass is 9.88. The lowest BCUT2D eigenvalue weighted by molar-refractivity contribution is -0.137. The van der Waals surface area contributed by atoms with E-state index < -0.39 is 0 Å². The Morgan fingerprint density at radius 2 is 1.69 bits per heavy atom. The zero-order valence-corrected chi connectivity index (χ0v) is 20.4. The summed E-state index contributed by atoms with van der Waals surface area (Å²) in [4.78, 5) is 42.6.